The highest BCUT2D eigenvalue weighted by molar-refractivity contribution is 7.71. The van der Waals surface area contributed by atoms with E-state index in [1.165, 1.54) is 4.88 Å². The van der Waals surface area contributed by atoms with Crippen LogP contribution in [0.1, 0.15) is 30.7 Å². The number of rotatable bonds is 4. The van der Waals surface area contributed by atoms with Crippen LogP contribution in [0.5, 0.6) is 0 Å². The summed E-state index contributed by atoms with van der Waals surface area (Å²) in [5.41, 5.74) is 0.784. The fourth-order valence-corrected chi connectivity index (χ4v) is 3.78. The lowest BCUT2D eigenvalue weighted by molar-refractivity contribution is 0.516. The first-order chi connectivity index (χ1) is 10.2. The number of nitrogens with one attached hydrogen (secondary N) is 1. The molecule has 0 saturated carbocycles. The van der Waals surface area contributed by atoms with Gasteiger partial charge in [0.1, 0.15) is 0 Å². The van der Waals surface area contributed by atoms with E-state index in [1.54, 1.807) is 15.9 Å². The van der Waals surface area contributed by atoms with Crippen LogP contribution in [-0.4, -0.2) is 9.55 Å². The number of hydrogen-bond acceptors (Lipinski definition) is 3. The Labute approximate surface area is 131 Å². The first-order valence-corrected chi connectivity index (χ1v) is 8.28. The third-order valence-electron chi connectivity index (χ3n) is 3.58. The van der Waals surface area contributed by atoms with Gasteiger partial charge in [0.15, 0.2) is 4.77 Å². The summed E-state index contributed by atoms with van der Waals surface area (Å²) >= 11 is 7.11. The van der Waals surface area contributed by atoms with Crippen molar-refractivity contribution in [1.29, 1.82) is 0 Å². The second kappa shape index (κ2) is 5.95. The molecule has 0 aliphatic heterocycles. The van der Waals surface area contributed by atoms with Crippen molar-refractivity contribution in [1.82, 2.24) is 9.55 Å². The van der Waals surface area contributed by atoms with Gasteiger partial charge in [0.25, 0.3) is 5.56 Å². The number of H-pyrrole nitrogens is 1. The molecule has 108 valence electrons. The topological polar surface area (TPSA) is 37.8 Å². The quantitative estimate of drug-likeness (QED) is 0.719. The average molecular weight is 316 g/mol. The predicted octanol–water partition coefficient (Wildman–Crippen LogP) is 4.51. The standard InChI is InChI=1S/C16H16N2OS2/c1-2-6-13(14-9-5-10-21-14)18-15(19)11-7-3-4-8-12(11)17-16(18)20/h3-5,7-10,13H,2,6H2,1H3,(H,17,20). The van der Waals surface area contributed by atoms with Gasteiger partial charge in [0, 0.05) is 4.88 Å². The van der Waals surface area contributed by atoms with Gasteiger partial charge in [0.05, 0.1) is 16.9 Å². The molecule has 0 aliphatic carbocycles. The Morgan fingerprint density at radius 1 is 1.29 bits per heavy atom. The largest absolute Gasteiger partial charge is 0.332 e. The van der Waals surface area contributed by atoms with Gasteiger partial charge < -0.3 is 4.98 Å². The number of para-hydroxylation sites is 1. The highest BCUT2D eigenvalue weighted by Crippen LogP contribution is 2.27. The lowest BCUT2D eigenvalue weighted by Gasteiger charge is -2.18. The summed E-state index contributed by atoms with van der Waals surface area (Å²) in [6.45, 7) is 2.12. The van der Waals surface area contributed by atoms with Gasteiger partial charge >= 0.3 is 0 Å². The minimum atomic E-state index is -0.0128. The fourth-order valence-electron chi connectivity index (χ4n) is 2.61. The third kappa shape index (κ3) is 2.59. The van der Waals surface area contributed by atoms with Crippen molar-refractivity contribution in [3.8, 4) is 0 Å². The number of nitrogens with zero attached hydrogens (tertiary/aromatic N) is 1. The van der Waals surface area contributed by atoms with Crippen LogP contribution < -0.4 is 5.56 Å². The summed E-state index contributed by atoms with van der Waals surface area (Å²) in [6, 6.07) is 11.6. The monoisotopic (exact) mass is 316 g/mol. The first-order valence-electron chi connectivity index (χ1n) is 6.99. The van der Waals surface area contributed by atoms with Crippen molar-refractivity contribution in [3.05, 3.63) is 61.8 Å². The average Bonchev–Trinajstić information content (AvgIpc) is 3.00. The maximum atomic E-state index is 12.8. The van der Waals surface area contributed by atoms with Gasteiger partial charge in [-0.25, -0.2) is 0 Å². The second-order valence-electron chi connectivity index (χ2n) is 4.97. The first kappa shape index (κ1) is 14.2. The van der Waals surface area contributed by atoms with Gasteiger partial charge in [-0.05, 0) is 42.2 Å². The molecule has 21 heavy (non-hydrogen) atoms. The molecular formula is C16H16N2OS2. The highest BCUT2D eigenvalue weighted by Gasteiger charge is 2.18. The van der Waals surface area contributed by atoms with Crippen molar-refractivity contribution >= 4 is 34.5 Å². The Morgan fingerprint density at radius 3 is 2.81 bits per heavy atom. The van der Waals surface area contributed by atoms with Gasteiger partial charge in [0.2, 0.25) is 0 Å². The summed E-state index contributed by atoms with van der Waals surface area (Å²) < 4.78 is 2.22. The van der Waals surface area contributed by atoms with Crippen LogP contribution in [0.3, 0.4) is 0 Å². The van der Waals surface area contributed by atoms with E-state index in [0.29, 0.717) is 10.2 Å². The lowest BCUT2D eigenvalue weighted by Crippen LogP contribution is -2.27. The maximum absolute atomic E-state index is 12.8. The lowest BCUT2D eigenvalue weighted by atomic mass is 10.1. The Kier molecular flexibility index (Phi) is 4.03. The molecule has 1 aromatic carbocycles. The minimum Gasteiger partial charge on any atom is -0.332 e. The molecule has 1 N–H and O–H groups in total. The normalized spacial score (nSPS) is 12.6. The van der Waals surface area contributed by atoms with Crippen molar-refractivity contribution in [2.75, 3.05) is 0 Å². The molecule has 0 radical (unpaired) electrons. The van der Waals surface area contributed by atoms with E-state index in [9.17, 15) is 4.79 Å². The number of hydrogen-bond donors (Lipinski definition) is 1. The Balaban J connectivity index is 2.27. The molecule has 0 spiro atoms. The van der Waals surface area contributed by atoms with Crippen LogP contribution in [0.4, 0.5) is 0 Å². The van der Waals surface area contributed by atoms with Gasteiger partial charge in [-0.2, -0.15) is 0 Å². The summed E-state index contributed by atoms with van der Waals surface area (Å²) in [7, 11) is 0. The van der Waals surface area contributed by atoms with Crippen LogP contribution in [0.15, 0.2) is 46.6 Å². The number of fused-ring (bicyclic) bond motifs is 1. The summed E-state index contributed by atoms with van der Waals surface area (Å²) in [5.74, 6) is 0. The predicted molar refractivity (Wildman–Crippen MR) is 90.8 cm³/mol. The Morgan fingerprint density at radius 2 is 2.10 bits per heavy atom. The molecule has 1 atom stereocenters. The highest BCUT2D eigenvalue weighted by atomic mass is 32.1. The number of aromatic nitrogens is 2. The van der Waals surface area contributed by atoms with E-state index in [2.05, 4.69) is 18.0 Å². The van der Waals surface area contributed by atoms with Crippen LogP contribution >= 0.6 is 23.6 Å². The van der Waals surface area contributed by atoms with E-state index >= 15 is 0 Å². The molecule has 1 unspecified atom stereocenters. The molecular weight excluding hydrogens is 300 g/mol. The molecule has 0 fully saturated rings. The number of thiophene rings is 1. The van der Waals surface area contributed by atoms with E-state index in [4.69, 9.17) is 12.2 Å². The zero-order valence-corrected chi connectivity index (χ0v) is 13.3. The van der Waals surface area contributed by atoms with Crippen molar-refractivity contribution in [3.63, 3.8) is 0 Å². The molecule has 2 heterocycles. The van der Waals surface area contributed by atoms with E-state index in [0.717, 1.165) is 18.4 Å². The van der Waals surface area contributed by atoms with Gasteiger partial charge in [-0.3, -0.25) is 9.36 Å². The van der Waals surface area contributed by atoms with Crippen LogP contribution in [0.2, 0.25) is 0 Å². The van der Waals surface area contributed by atoms with Crippen LogP contribution in [0.25, 0.3) is 10.9 Å². The second-order valence-corrected chi connectivity index (χ2v) is 6.34. The van der Waals surface area contributed by atoms with Crippen molar-refractivity contribution in [2.24, 2.45) is 0 Å². The SMILES string of the molecule is CCCC(c1cccs1)n1c(=S)[nH]c2ccccc2c1=O. The molecule has 3 aromatic rings. The van der Waals surface area contributed by atoms with Crippen molar-refractivity contribution < 1.29 is 0 Å². The molecule has 3 nitrogen and oxygen atoms in total. The maximum Gasteiger partial charge on any atom is 0.262 e. The molecule has 0 aliphatic rings. The minimum absolute atomic E-state index is 0.0101. The van der Waals surface area contributed by atoms with Gasteiger partial charge in [-0.1, -0.05) is 31.5 Å². The van der Waals surface area contributed by atoms with Gasteiger partial charge in [-0.15, -0.1) is 11.3 Å². The van der Waals surface area contributed by atoms with E-state index in [1.807, 2.05) is 35.7 Å². The van der Waals surface area contributed by atoms with E-state index < -0.39 is 0 Å². The molecule has 0 saturated heterocycles. The van der Waals surface area contributed by atoms with E-state index in [-0.39, 0.29) is 11.6 Å². The molecule has 3 rings (SSSR count). The molecule has 5 heteroatoms. The summed E-state index contributed by atoms with van der Waals surface area (Å²) in [4.78, 5) is 17.2. The Hall–Kier alpha value is -1.72. The number of benzene rings is 1. The number of aromatic amines is 1. The molecule has 0 bridgehead atoms. The van der Waals surface area contributed by atoms with Crippen molar-refractivity contribution in [2.45, 2.75) is 25.8 Å². The third-order valence-corrected chi connectivity index (χ3v) is 4.85. The summed E-state index contributed by atoms with van der Waals surface area (Å²) in [6.07, 6.45) is 1.90. The van der Waals surface area contributed by atoms with Crippen LogP contribution in [-0.2, 0) is 0 Å². The molecule has 2 aromatic heterocycles. The fraction of sp³-hybridized carbons (Fsp3) is 0.250. The smallest absolute Gasteiger partial charge is 0.262 e. The summed E-state index contributed by atoms with van der Waals surface area (Å²) in [5, 5.41) is 2.72. The Bertz CT molecular complexity index is 862. The zero-order chi connectivity index (χ0) is 14.8. The zero-order valence-electron chi connectivity index (χ0n) is 11.7. The molecule has 0 amide bonds. The van der Waals surface area contributed by atoms with Crippen LogP contribution in [0, 0.1) is 4.77 Å².